The van der Waals surface area contributed by atoms with Crippen molar-refractivity contribution in [3.63, 3.8) is 0 Å². The van der Waals surface area contributed by atoms with E-state index in [0.29, 0.717) is 0 Å². The summed E-state index contributed by atoms with van der Waals surface area (Å²) in [7, 11) is 1.82. The average Bonchev–Trinajstić information content (AvgIpc) is 2.49. The zero-order valence-corrected chi connectivity index (χ0v) is 12.5. The summed E-state index contributed by atoms with van der Waals surface area (Å²) in [5.41, 5.74) is 1.92. The van der Waals surface area contributed by atoms with Gasteiger partial charge in [-0.1, -0.05) is 24.8 Å². The van der Waals surface area contributed by atoms with E-state index in [0.717, 1.165) is 24.1 Å². The van der Waals surface area contributed by atoms with Crippen LogP contribution in [-0.4, -0.2) is 23.7 Å². The number of carbonyl (C=O) groups is 1. The average molecular weight is 271 g/mol. The van der Waals surface area contributed by atoms with E-state index >= 15 is 0 Å². The molecule has 1 atom stereocenters. The molecule has 1 amide bonds. The standard InChI is InChI=1S/C17H21NO2/c1-12-5-7-14-8-6-13(9-10-17(2,3)20)11-15(14)18(4)16(12)19/h6,8,11-12,20H,5,7H2,1-4H3/t12-/m0/s1. The zero-order valence-electron chi connectivity index (χ0n) is 12.5. The Morgan fingerprint density at radius 1 is 1.40 bits per heavy atom. The molecule has 0 aliphatic carbocycles. The van der Waals surface area contributed by atoms with Gasteiger partial charge in [0.2, 0.25) is 5.91 Å². The third kappa shape index (κ3) is 3.20. The van der Waals surface area contributed by atoms with Gasteiger partial charge in [-0.15, -0.1) is 0 Å². The lowest BCUT2D eigenvalue weighted by Crippen LogP contribution is -2.30. The predicted molar refractivity (Wildman–Crippen MR) is 80.5 cm³/mol. The molecule has 20 heavy (non-hydrogen) atoms. The van der Waals surface area contributed by atoms with Crippen LogP contribution in [0.15, 0.2) is 18.2 Å². The number of carbonyl (C=O) groups excluding carboxylic acids is 1. The fourth-order valence-electron chi connectivity index (χ4n) is 2.34. The molecule has 1 N–H and O–H groups in total. The van der Waals surface area contributed by atoms with E-state index in [-0.39, 0.29) is 11.8 Å². The quantitative estimate of drug-likeness (QED) is 0.736. The number of anilines is 1. The minimum atomic E-state index is -1.01. The number of aliphatic hydroxyl groups is 1. The van der Waals surface area contributed by atoms with Gasteiger partial charge in [0.25, 0.3) is 0 Å². The molecule has 3 nitrogen and oxygen atoms in total. The lowest BCUT2D eigenvalue weighted by Gasteiger charge is -2.19. The van der Waals surface area contributed by atoms with Crippen LogP contribution in [0, 0.1) is 17.8 Å². The molecule has 0 fully saturated rings. The van der Waals surface area contributed by atoms with E-state index in [9.17, 15) is 9.90 Å². The third-order valence-corrected chi connectivity index (χ3v) is 3.56. The topological polar surface area (TPSA) is 40.5 Å². The van der Waals surface area contributed by atoms with Crippen molar-refractivity contribution in [1.29, 1.82) is 0 Å². The second-order valence-electron chi connectivity index (χ2n) is 5.99. The van der Waals surface area contributed by atoms with E-state index in [1.807, 2.05) is 32.2 Å². The van der Waals surface area contributed by atoms with Gasteiger partial charge in [0, 0.05) is 24.2 Å². The zero-order chi connectivity index (χ0) is 14.9. The maximum absolute atomic E-state index is 12.2. The van der Waals surface area contributed by atoms with Crippen molar-refractivity contribution in [1.82, 2.24) is 0 Å². The molecule has 0 bridgehead atoms. The smallest absolute Gasteiger partial charge is 0.229 e. The van der Waals surface area contributed by atoms with Gasteiger partial charge in [-0.2, -0.15) is 0 Å². The maximum atomic E-state index is 12.2. The van der Waals surface area contributed by atoms with E-state index < -0.39 is 5.60 Å². The lowest BCUT2D eigenvalue weighted by atomic mass is 10.0. The fourth-order valence-corrected chi connectivity index (χ4v) is 2.34. The van der Waals surface area contributed by atoms with Crippen LogP contribution in [0.5, 0.6) is 0 Å². The number of rotatable bonds is 0. The number of amides is 1. The van der Waals surface area contributed by atoms with Crippen molar-refractivity contribution in [2.24, 2.45) is 5.92 Å². The van der Waals surface area contributed by atoms with E-state index in [2.05, 4.69) is 11.8 Å². The summed E-state index contributed by atoms with van der Waals surface area (Å²) < 4.78 is 0. The van der Waals surface area contributed by atoms with Gasteiger partial charge in [-0.3, -0.25) is 4.79 Å². The molecule has 0 saturated heterocycles. The summed E-state index contributed by atoms with van der Waals surface area (Å²) in [4.78, 5) is 13.9. The highest BCUT2D eigenvalue weighted by atomic mass is 16.3. The second kappa shape index (κ2) is 5.30. The monoisotopic (exact) mass is 271 g/mol. The van der Waals surface area contributed by atoms with E-state index in [1.54, 1.807) is 18.7 Å². The van der Waals surface area contributed by atoms with Crippen LogP contribution in [0.3, 0.4) is 0 Å². The molecular weight excluding hydrogens is 250 g/mol. The highest BCUT2D eigenvalue weighted by molar-refractivity contribution is 5.96. The van der Waals surface area contributed by atoms with Gasteiger partial charge in [0.15, 0.2) is 0 Å². The molecule has 0 unspecified atom stereocenters. The molecule has 0 spiro atoms. The van der Waals surface area contributed by atoms with Crippen molar-refractivity contribution in [2.45, 2.75) is 39.2 Å². The van der Waals surface area contributed by atoms with Crippen molar-refractivity contribution < 1.29 is 9.90 Å². The minimum Gasteiger partial charge on any atom is -0.378 e. The SMILES string of the molecule is C[C@H]1CCc2ccc(C#CC(C)(C)O)cc2N(C)C1=O. The van der Waals surface area contributed by atoms with Crippen molar-refractivity contribution in [2.75, 3.05) is 11.9 Å². The predicted octanol–water partition coefficient (Wildman–Crippen LogP) is 2.35. The Balaban J connectivity index is 2.40. The summed E-state index contributed by atoms with van der Waals surface area (Å²) in [5, 5.41) is 9.65. The Hall–Kier alpha value is -1.79. The Kier molecular flexibility index (Phi) is 3.87. The van der Waals surface area contributed by atoms with Crippen LogP contribution < -0.4 is 4.90 Å². The van der Waals surface area contributed by atoms with Crippen molar-refractivity contribution in [3.8, 4) is 11.8 Å². The summed E-state index contributed by atoms with van der Waals surface area (Å²) in [6.45, 7) is 5.28. The normalized spacial score (nSPS) is 18.9. The molecule has 3 heteroatoms. The summed E-state index contributed by atoms with van der Waals surface area (Å²) in [5.74, 6) is 5.96. The second-order valence-corrected chi connectivity index (χ2v) is 5.99. The summed E-state index contributed by atoms with van der Waals surface area (Å²) >= 11 is 0. The first kappa shape index (κ1) is 14.6. The number of hydrogen-bond acceptors (Lipinski definition) is 2. The number of nitrogens with zero attached hydrogens (tertiary/aromatic N) is 1. The van der Waals surface area contributed by atoms with Crippen LogP contribution >= 0.6 is 0 Å². The van der Waals surface area contributed by atoms with Gasteiger partial charge in [0.05, 0.1) is 0 Å². The molecule has 1 aromatic carbocycles. The molecule has 1 aromatic rings. The Labute approximate surface area is 120 Å². The number of benzene rings is 1. The van der Waals surface area contributed by atoms with Crippen molar-refractivity contribution in [3.05, 3.63) is 29.3 Å². The molecule has 106 valence electrons. The Morgan fingerprint density at radius 3 is 2.75 bits per heavy atom. The molecule has 2 rings (SSSR count). The van der Waals surface area contributed by atoms with E-state index in [4.69, 9.17) is 0 Å². The first-order valence-electron chi connectivity index (χ1n) is 6.94. The molecular formula is C17H21NO2. The van der Waals surface area contributed by atoms with Crippen LogP contribution in [0.1, 0.15) is 38.3 Å². The molecule has 1 aliphatic heterocycles. The number of aryl methyl sites for hydroxylation is 1. The van der Waals surface area contributed by atoms with Crippen LogP contribution in [0.25, 0.3) is 0 Å². The number of fused-ring (bicyclic) bond motifs is 1. The summed E-state index contributed by atoms with van der Waals surface area (Å²) in [6.07, 6.45) is 1.79. The third-order valence-electron chi connectivity index (χ3n) is 3.56. The lowest BCUT2D eigenvalue weighted by molar-refractivity contribution is -0.121. The fraction of sp³-hybridized carbons (Fsp3) is 0.471. The number of hydrogen-bond donors (Lipinski definition) is 1. The largest absolute Gasteiger partial charge is 0.378 e. The molecule has 0 radical (unpaired) electrons. The first-order valence-corrected chi connectivity index (χ1v) is 6.94. The Morgan fingerprint density at radius 2 is 2.10 bits per heavy atom. The summed E-state index contributed by atoms with van der Waals surface area (Å²) in [6, 6.07) is 5.92. The first-order chi connectivity index (χ1) is 9.28. The molecule has 0 saturated carbocycles. The van der Waals surface area contributed by atoms with Gasteiger partial charge < -0.3 is 10.0 Å². The highest BCUT2D eigenvalue weighted by Gasteiger charge is 2.24. The van der Waals surface area contributed by atoms with Gasteiger partial charge in [-0.05, 0) is 44.4 Å². The van der Waals surface area contributed by atoms with Gasteiger partial charge >= 0.3 is 0 Å². The Bertz CT molecular complexity index is 587. The maximum Gasteiger partial charge on any atom is 0.229 e. The van der Waals surface area contributed by atoms with Gasteiger partial charge in [0.1, 0.15) is 5.60 Å². The molecule has 1 aliphatic rings. The van der Waals surface area contributed by atoms with E-state index in [1.165, 1.54) is 5.56 Å². The van der Waals surface area contributed by atoms with Crippen molar-refractivity contribution >= 4 is 11.6 Å². The molecule has 1 heterocycles. The molecule has 0 aromatic heterocycles. The van der Waals surface area contributed by atoms with Crippen LogP contribution in [0.4, 0.5) is 5.69 Å². The highest BCUT2D eigenvalue weighted by Crippen LogP contribution is 2.29. The van der Waals surface area contributed by atoms with Crippen LogP contribution in [0.2, 0.25) is 0 Å². The van der Waals surface area contributed by atoms with Gasteiger partial charge in [-0.25, -0.2) is 0 Å². The van der Waals surface area contributed by atoms with Crippen LogP contribution in [-0.2, 0) is 11.2 Å². The minimum absolute atomic E-state index is 0.0540.